The number of hydrogen-bond donors (Lipinski definition) is 2. The van der Waals surface area contributed by atoms with Gasteiger partial charge in [-0.05, 0) is 18.6 Å². The van der Waals surface area contributed by atoms with Gasteiger partial charge in [0.25, 0.3) is 0 Å². The quantitative estimate of drug-likeness (QED) is 0.777. The molecule has 0 aliphatic carbocycles. The van der Waals surface area contributed by atoms with Gasteiger partial charge in [-0.2, -0.15) is 0 Å². The van der Waals surface area contributed by atoms with E-state index in [1.165, 1.54) is 11.3 Å². The molecule has 0 aromatic heterocycles. The highest BCUT2D eigenvalue weighted by Crippen LogP contribution is 2.31. The van der Waals surface area contributed by atoms with E-state index < -0.39 is 0 Å². The van der Waals surface area contributed by atoms with Crippen molar-refractivity contribution >= 4 is 5.69 Å². The topological polar surface area (TPSA) is 33.3 Å². The first-order chi connectivity index (χ1) is 7.43. The van der Waals surface area contributed by atoms with E-state index in [0.717, 1.165) is 38.4 Å². The molecule has 80 valence electrons. The molecule has 2 aliphatic rings. The highest BCUT2D eigenvalue weighted by molar-refractivity contribution is 5.61. The van der Waals surface area contributed by atoms with Crippen LogP contribution in [0.3, 0.4) is 0 Å². The lowest BCUT2D eigenvalue weighted by atomic mass is 10.1. The van der Waals surface area contributed by atoms with Gasteiger partial charge in [0.15, 0.2) is 0 Å². The number of rotatable bonds is 3. The fourth-order valence-corrected chi connectivity index (χ4v) is 2.12. The Labute approximate surface area is 89.8 Å². The van der Waals surface area contributed by atoms with Crippen LogP contribution in [0, 0.1) is 5.92 Å². The number of fused-ring (bicyclic) bond motifs is 1. The van der Waals surface area contributed by atoms with Crippen molar-refractivity contribution < 1.29 is 4.74 Å². The molecule has 0 unspecified atom stereocenters. The Morgan fingerprint density at radius 3 is 3.07 bits per heavy atom. The molecule has 0 amide bonds. The minimum atomic E-state index is 0.704. The van der Waals surface area contributed by atoms with E-state index in [1.807, 2.05) is 0 Å². The SMILES string of the molecule is c1cc2c(c(OCC3CNC3)c1)CCN2. The van der Waals surface area contributed by atoms with Crippen LogP contribution in [0.15, 0.2) is 18.2 Å². The molecule has 1 aromatic carbocycles. The van der Waals surface area contributed by atoms with Crippen molar-refractivity contribution in [3.63, 3.8) is 0 Å². The zero-order valence-corrected chi connectivity index (χ0v) is 8.75. The summed E-state index contributed by atoms with van der Waals surface area (Å²) in [7, 11) is 0. The Hall–Kier alpha value is -1.22. The number of benzene rings is 1. The lowest BCUT2D eigenvalue weighted by Gasteiger charge is -2.27. The Bertz CT molecular complexity index is 361. The van der Waals surface area contributed by atoms with E-state index in [0.29, 0.717) is 5.92 Å². The van der Waals surface area contributed by atoms with Gasteiger partial charge in [0.05, 0.1) is 6.61 Å². The van der Waals surface area contributed by atoms with Crippen LogP contribution >= 0.6 is 0 Å². The Morgan fingerprint density at radius 1 is 1.33 bits per heavy atom. The first-order valence-electron chi connectivity index (χ1n) is 5.63. The Morgan fingerprint density at radius 2 is 2.27 bits per heavy atom. The fraction of sp³-hybridized carbons (Fsp3) is 0.500. The number of nitrogens with one attached hydrogen (secondary N) is 2. The summed E-state index contributed by atoms with van der Waals surface area (Å²) in [5.74, 6) is 1.78. The fourth-order valence-electron chi connectivity index (χ4n) is 2.12. The second-order valence-corrected chi connectivity index (χ2v) is 4.29. The largest absolute Gasteiger partial charge is 0.493 e. The summed E-state index contributed by atoms with van der Waals surface area (Å²) >= 11 is 0. The number of ether oxygens (including phenoxy) is 1. The minimum Gasteiger partial charge on any atom is -0.493 e. The van der Waals surface area contributed by atoms with Gasteiger partial charge in [-0.15, -0.1) is 0 Å². The zero-order chi connectivity index (χ0) is 10.1. The molecular formula is C12H16N2O. The van der Waals surface area contributed by atoms with Crippen LogP contribution in [0.5, 0.6) is 5.75 Å². The Balaban J connectivity index is 1.71. The number of anilines is 1. The highest BCUT2D eigenvalue weighted by atomic mass is 16.5. The van der Waals surface area contributed by atoms with Crippen LogP contribution in [0.1, 0.15) is 5.56 Å². The molecule has 3 rings (SSSR count). The molecule has 3 heteroatoms. The maximum absolute atomic E-state index is 5.87. The molecule has 0 atom stereocenters. The minimum absolute atomic E-state index is 0.704. The molecule has 2 heterocycles. The first kappa shape index (κ1) is 9.04. The lowest BCUT2D eigenvalue weighted by molar-refractivity contribution is 0.198. The smallest absolute Gasteiger partial charge is 0.124 e. The molecular weight excluding hydrogens is 188 g/mol. The van der Waals surface area contributed by atoms with E-state index in [-0.39, 0.29) is 0 Å². The van der Waals surface area contributed by atoms with Crippen LogP contribution in [0.4, 0.5) is 5.69 Å². The summed E-state index contributed by atoms with van der Waals surface area (Å²) in [4.78, 5) is 0. The summed E-state index contributed by atoms with van der Waals surface area (Å²) in [6.07, 6.45) is 1.09. The molecule has 1 saturated heterocycles. The lowest BCUT2D eigenvalue weighted by Crippen LogP contribution is -2.45. The Kier molecular flexibility index (Phi) is 2.25. The monoisotopic (exact) mass is 204 g/mol. The van der Waals surface area contributed by atoms with Crippen molar-refractivity contribution in [3.8, 4) is 5.75 Å². The molecule has 0 bridgehead atoms. The molecule has 15 heavy (non-hydrogen) atoms. The van der Waals surface area contributed by atoms with Gasteiger partial charge >= 0.3 is 0 Å². The molecule has 2 N–H and O–H groups in total. The number of hydrogen-bond acceptors (Lipinski definition) is 3. The molecule has 0 spiro atoms. The average molecular weight is 204 g/mol. The van der Waals surface area contributed by atoms with E-state index in [2.05, 4.69) is 28.8 Å². The average Bonchev–Trinajstić information content (AvgIpc) is 2.63. The van der Waals surface area contributed by atoms with Gasteiger partial charge < -0.3 is 15.4 Å². The van der Waals surface area contributed by atoms with Crippen molar-refractivity contribution in [1.82, 2.24) is 5.32 Å². The summed E-state index contributed by atoms with van der Waals surface area (Å²) in [6, 6.07) is 6.27. The van der Waals surface area contributed by atoms with E-state index in [9.17, 15) is 0 Å². The summed E-state index contributed by atoms with van der Waals surface area (Å²) in [5.41, 5.74) is 2.60. The second-order valence-electron chi connectivity index (χ2n) is 4.29. The van der Waals surface area contributed by atoms with Crippen LogP contribution in [0.25, 0.3) is 0 Å². The van der Waals surface area contributed by atoms with Crippen molar-refractivity contribution in [2.24, 2.45) is 5.92 Å². The van der Waals surface area contributed by atoms with Crippen molar-refractivity contribution in [2.45, 2.75) is 6.42 Å². The summed E-state index contributed by atoms with van der Waals surface area (Å²) in [5, 5.41) is 6.62. The van der Waals surface area contributed by atoms with Crippen LogP contribution in [-0.2, 0) is 6.42 Å². The first-order valence-corrected chi connectivity index (χ1v) is 5.63. The van der Waals surface area contributed by atoms with Crippen LogP contribution in [0.2, 0.25) is 0 Å². The van der Waals surface area contributed by atoms with Crippen LogP contribution in [-0.4, -0.2) is 26.2 Å². The third-order valence-electron chi connectivity index (χ3n) is 3.16. The summed E-state index contributed by atoms with van der Waals surface area (Å²) < 4.78 is 5.87. The van der Waals surface area contributed by atoms with Gasteiger partial charge in [-0.1, -0.05) is 6.07 Å². The van der Waals surface area contributed by atoms with E-state index in [1.54, 1.807) is 0 Å². The predicted molar refractivity (Wildman–Crippen MR) is 60.5 cm³/mol. The molecule has 0 radical (unpaired) electrons. The van der Waals surface area contributed by atoms with Crippen molar-refractivity contribution in [2.75, 3.05) is 31.6 Å². The summed E-state index contributed by atoms with van der Waals surface area (Å²) in [6.45, 7) is 4.10. The molecule has 3 nitrogen and oxygen atoms in total. The predicted octanol–water partition coefficient (Wildman–Crippen LogP) is 1.25. The van der Waals surface area contributed by atoms with Gasteiger partial charge in [0.1, 0.15) is 5.75 Å². The van der Waals surface area contributed by atoms with Gasteiger partial charge in [-0.3, -0.25) is 0 Å². The maximum atomic E-state index is 5.87. The molecule has 1 fully saturated rings. The van der Waals surface area contributed by atoms with Gasteiger partial charge in [-0.25, -0.2) is 0 Å². The second kappa shape index (κ2) is 3.74. The molecule has 1 aromatic rings. The van der Waals surface area contributed by atoms with Crippen molar-refractivity contribution in [3.05, 3.63) is 23.8 Å². The van der Waals surface area contributed by atoms with Gasteiger partial charge in [0, 0.05) is 36.8 Å². The van der Waals surface area contributed by atoms with Crippen molar-refractivity contribution in [1.29, 1.82) is 0 Å². The highest BCUT2D eigenvalue weighted by Gasteiger charge is 2.19. The van der Waals surface area contributed by atoms with E-state index >= 15 is 0 Å². The zero-order valence-electron chi connectivity index (χ0n) is 8.75. The van der Waals surface area contributed by atoms with Crippen LogP contribution < -0.4 is 15.4 Å². The standard InChI is InChI=1S/C12H16N2O/c1-2-11-10(4-5-14-11)12(3-1)15-8-9-6-13-7-9/h1-3,9,13-14H,4-8H2. The molecule has 2 aliphatic heterocycles. The van der Waals surface area contributed by atoms with E-state index in [4.69, 9.17) is 4.74 Å². The third-order valence-corrected chi connectivity index (χ3v) is 3.16. The normalized spacial score (nSPS) is 19.2. The maximum Gasteiger partial charge on any atom is 0.124 e. The molecule has 0 saturated carbocycles. The third kappa shape index (κ3) is 1.67. The van der Waals surface area contributed by atoms with Gasteiger partial charge in [0.2, 0.25) is 0 Å².